The minimum absolute atomic E-state index is 0.996. The maximum atomic E-state index is 2.16. The van der Waals surface area contributed by atoms with E-state index in [2.05, 4.69) is 66.8 Å². The van der Waals surface area contributed by atoms with Gasteiger partial charge in [-0.25, -0.2) is 0 Å². The number of rotatable bonds is 2. The molecule has 0 atom stereocenters. The largest absolute Gasteiger partial charge is 0.0623 e. The molecule has 0 radical (unpaired) electrons. The van der Waals surface area contributed by atoms with Gasteiger partial charge in [-0.15, -0.1) is 0 Å². The first kappa shape index (κ1) is 9.72. The summed E-state index contributed by atoms with van der Waals surface area (Å²) >= 11 is 0. The molecule has 2 rings (SSSR count). The van der Waals surface area contributed by atoms with Gasteiger partial charge in [0.2, 0.25) is 0 Å². The molecule has 0 heterocycles. The summed E-state index contributed by atoms with van der Waals surface area (Å²) in [7, 11) is 0. The van der Waals surface area contributed by atoms with Crippen LogP contribution in [0.3, 0.4) is 0 Å². The highest BCUT2D eigenvalue weighted by molar-refractivity contribution is 5.34. The minimum Gasteiger partial charge on any atom is -0.0623 e. The third-order valence-electron chi connectivity index (χ3n) is 2.32. The van der Waals surface area contributed by atoms with E-state index in [0.29, 0.717) is 0 Å². The van der Waals surface area contributed by atoms with Gasteiger partial charge < -0.3 is 0 Å². The molecule has 15 heavy (non-hydrogen) atoms. The van der Waals surface area contributed by atoms with Crippen LogP contribution in [0.25, 0.3) is 0 Å². The summed E-state index contributed by atoms with van der Waals surface area (Å²) in [6.07, 6.45) is 15.6. The van der Waals surface area contributed by atoms with Crippen LogP contribution in [0.15, 0.2) is 78.4 Å². The van der Waals surface area contributed by atoms with Gasteiger partial charge in [0.25, 0.3) is 0 Å². The molecular formula is C15H14. The monoisotopic (exact) mass is 194 g/mol. The van der Waals surface area contributed by atoms with E-state index in [1.54, 1.807) is 0 Å². The Morgan fingerprint density at radius 2 is 1.47 bits per heavy atom. The molecule has 0 heteroatoms. The Morgan fingerprint density at radius 1 is 0.733 bits per heavy atom. The molecule has 0 aliphatic heterocycles. The van der Waals surface area contributed by atoms with Gasteiger partial charge in [-0.2, -0.15) is 0 Å². The van der Waals surface area contributed by atoms with Crippen LogP contribution < -0.4 is 0 Å². The van der Waals surface area contributed by atoms with Crippen molar-refractivity contribution in [3.05, 3.63) is 84.0 Å². The van der Waals surface area contributed by atoms with E-state index in [0.717, 1.165) is 6.42 Å². The lowest BCUT2D eigenvalue weighted by molar-refractivity contribution is 1.20. The van der Waals surface area contributed by atoms with Crippen LogP contribution in [-0.4, -0.2) is 0 Å². The van der Waals surface area contributed by atoms with Gasteiger partial charge in [-0.3, -0.25) is 0 Å². The summed E-state index contributed by atoms with van der Waals surface area (Å²) in [5.74, 6) is 0. The van der Waals surface area contributed by atoms with Crippen molar-refractivity contribution < 1.29 is 0 Å². The summed E-state index contributed by atoms with van der Waals surface area (Å²) in [5, 5.41) is 0. The molecule has 0 aromatic heterocycles. The van der Waals surface area contributed by atoms with Crippen LogP contribution >= 0.6 is 0 Å². The fourth-order valence-electron chi connectivity index (χ4n) is 1.56. The first-order valence-electron chi connectivity index (χ1n) is 5.20. The van der Waals surface area contributed by atoms with Crippen molar-refractivity contribution in [3.63, 3.8) is 0 Å². The molecule has 0 amide bonds. The molecule has 0 spiro atoms. The molecule has 74 valence electrons. The van der Waals surface area contributed by atoms with E-state index in [9.17, 15) is 0 Å². The van der Waals surface area contributed by atoms with Crippen LogP contribution in [0.2, 0.25) is 0 Å². The molecule has 0 fully saturated rings. The van der Waals surface area contributed by atoms with Crippen molar-refractivity contribution in [2.45, 2.75) is 6.42 Å². The zero-order chi connectivity index (χ0) is 10.3. The van der Waals surface area contributed by atoms with Gasteiger partial charge in [-0.1, -0.05) is 72.9 Å². The van der Waals surface area contributed by atoms with Crippen LogP contribution in [-0.2, 0) is 6.42 Å². The average molecular weight is 194 g/mol. The Morgan fingerprint density at radius 3 is 2.33 bits per heavy atom. The Hall–Kier alpha value is -1.82. The summed E-state index contributed by atoms with van der Waals surface area (Å²) in [6.45, 7) is 0. The minimum atomic E-state index is 0.996. The topological polar surface area (TPSA) is 0 Å². The molecule has 0 nitrogen and oxygen atoms in total. The zero-order valence-corrected chi connectivity index (χ0v) is 8.64. The van der Waals surface area contributed by atoms with Gasteiger partial charge in [0.15, 0.2) is 0 Å². The van der Waals surface area contributed by atoms with E-state index in [1.165, 1.54) is 11.1 Å². The lowest BCUT2D eigenvalue weighted by Gasteiger charge is -2.02. The molecule has 1 aromatic carbocycles. The highest BCUT2D eigenvalue weighted by Gasteiger charge is 1.94. The number of benzene rings is 1. The van der Waals surface area contributed by atoms with Crippen molar-refractivity contribution in [2.24, 2.45) is 0 Å². The Balaban J connectivity index is 2.12. The first-order chi connectivity index (χ1) is 7.45. The van der Waals surface area contributed by atoms with Gasteiger partial charge in [0, 0.05) is 0 Å². The Bertz CT molecular complexity index is 417. The van der Waals surface area contributed by atoms with Crippen LogP contribution in [0.5, 0.6) is 0 Å². The fourth-order valence-corrected chi connectivity index (χ4v) is 1.56. The first-order valence-corrected chi connectivity index (χ1v) is 5.20. The molecule has 1 aliphatic carbocycles. The Kier molecular flexibility index (Phi) is 3.34. The van der Waals surface area contributed by atoms with Crippen molar-refractivity contribution in [1.29, 1.82) is 0 Å². The van der Waals surface area contributed by atoms with Crippen molar-refractivity contribution >= 4 is 0 Å². The highest BCUT2D eigenvalue weighted by atomic mass is 14.0. The lowest BCUT2D eigenvalue weighted by atomic mass is 10.0. The van der Waals surface area contributed by atoms with E-state index >= 15 is 0 Å². The van der Waals surface area contributed by atoms with Crippen LogP contribution in [0.4, 0.5) is 0 Å². The van der Waals surface area contributed by atoms with E-state index < -0.39 is 0 Å². The lowest BCUT2D eigenvalue weighted by Crippen LogP contribution is -1.87. The summed E-state index contributed by atoms with van der Waals surface area (Å²) < 4.78 is 0. The molecule has 0 bridgehead atoms. The van der Waals surface area contributed by atoms with Crippen molar-refractivity contribution in [1.82, 2.24) is 0 Å². The van der Waals surface area contributed by atoms with Gasteiger partial charge in [-0.05, 0) is 17.6 Å². The smallest absolute Gasteiger partial charge is 0.00258 e. The van der Waals surface area contributed by atoms with Gasteiger partial charge >= 0.3 is 0 Å². The third-order valence-corrected chi connectivity index (χ3v) is 2.32. The van der Waals surface area contributed by atoms with E-state index in [4.69, 9.17) is 0 Å². The van der Waals surface area contributed by atoms with E-state index in [1.807, 2.05) is 6.08 Å². The highest BCUT2D eigenvalue weighted by Crippen LogP contribution is 2.10. The normalized spacial score (nSPS) is 24.4. The average Bonchev–Trinajstić information content (AvgIpc) is 2.23. The second kappa shape index (κ2) is 5.16. The van der Waals surface area contributed by atoms with E-state index in [-0.39, 0.29) is 0 Å². The number of allylic oxidation sites excluding steroid dienone is 8. The van der Waals surface area contributed by atoms with Gasteiger partial charge in [0.1, 0.15) is 0 Å². The van der Waals surface area contributed by atoms with Crippen LogP contribution in [0, 0.1) is 0 Å². The van der Waals surface area contributed by atoms with Crippen molar-refractivity contribution in [3.8, 4) is 0 Å². The summed E-state index contributed by atoms with van der Waals surface area (Å²) in [4.78, 5) is 0. The quantitative estimate of drug-likeness (QED) is 0.671. The fraction of sp³-hybridized carbons (Fsp3) is 0.0667. The predicted octanol–water partition coefficient (Wildman–Crippen LogP) is 3.84. The second-order valence-corrected chi connectivity index (χ2v) is 3.53. The maximum absolute atomic E-state index is 2.16. The van der Waals surface area contributed by atoms with Crippen molar-refractivity contribution in [2.75, 3.05) is 0 Å². The number of hydrogen-bond donors (Lipinski definition) is 0. The molecule has 1 aliphatic rings. The molecule has 0 saturated heterocycles. The SMILES string of the molecule is C1=C\C=C/C(Cc2ccccc2)=C\C=C/1. The molecule has 0 N–H and O–H groups in total. The summed E-state index contributed by atoms with van der Waals surface area (Å²) in [5.41, 5.74) is 2.69. The second-order valence-electron chi connectivity index (χ2n) is 3.53. The molecule has 1 aromatic rings. The van der Waals surface area contributed by atoms with Gasteiger partial charge in [0.05, 0.1) is 0 Å². The predicted molar refractivity (Wildman–Crippen MR) is 65.6 cm³/mol. The Labute approximate surface area is 91.0 Å². The third kappa shape index (κ3) is 3.10. The number of hydrogen-bond acceptors (Lipinski definition) is 0. The van der Waals surface area contributed by atoms with Crippen LogP contribution in [0.1, 0.15) is 5.56 Å². The summed E-state index contributed by atoms with van der Waals surface area (Å²) in [6, 6.07) is 10.5. The molecule has 0 unspecified atom stereocenters. The maximum Gasteiger partial charge on any atom is -0.00258 e. The standard InChI is InChI=1S/C15H14/c1-2-5-9-14(10-6-3-1)13-15-11-7-4-8-12-15/h1-12H,13H2/b2-1-,3-1?,5-2?,6-3-,9-5-,10-6?,14-9?,14-10+. The molecular weight excluding hydrogens is 180 g/mol. The molecule has 0 saturated carbocycles. The zero-order valence-electron chi connectivity index (χ0n) is 8.64.